The van der Waals surface area contributed by atoms with Crippen LogP contribution in [-0.2, 0) is 0 Å². The second-order valence-corrected chi connectivity index (χ2v) is 5.81. The molecule has 1 fully saturated rings. The number of carbonyl (C=O) groups is 1. The first-order valence-corrected chi connectivity index (χ1v) is 7.62. The topological polar surface area (TPSA) is 45.2 Å². The van der Waals surface area contributed by atoms with Crippen LogP contribution in [0.25, 0.3) is 0 Å². The Morgan fingerprint density at radius 3 is 3.00 bits per heavy atom. The smallest absolute Gasteiger partial charge is 0.254 e. The van der Waals surface area contributed by atoms with Gasteiger partial charge in [-0.3, -0.25) is 4.79 Å². The summed E-state index contributed by atoms with van der Waals surface area (Å²) in [5.74, 6) is 1.55. The number of anilines is 1. The van der Waals surface area contributed by atoms with E-state index in [1.807, 2.05) is 24.0 Å². The Bertz CT molecular complexity index is 473. The van der Waals surface area contributed by atoms with E-state index in [0.29, 0.717) is 5.92 Å². The molecule has 1 N–H and O–H groups in total. The molecule has 1 atom stereocenters. The average molecular weight is 275 g/mol. The van der Waals surface area contributed by atoms with Crippen molar-refractivity contribution < 1.29 is 4.79 Å². The van der Waals surface area contributed by atoms with E-state index < -0.39 is 0 Å². The van der Waals surface area contributed by atoms with Crippen molar-refractivity contribution in [1.29, 1.82) is 0 Å². The summed E-state index contributed by atoms with van der Waals surface area (Å²) in [7, 11) is 0. The van der Waals surface area contributed by atoms with Gasteiger partial charge in [-0.05, 0) is 44.2 Å². The summed E-state index contributed by atoms with van der Waals surface area (Å²) in [6.45, 7) is 8.90. The Kier molecular flexibility index (Phi) is 4.99. The normalized spacial score (nSPS) is 18.9. The first kappa shape index (κ1) is 14.8. The van der Waals surface area contributed by atoms with Crippen molar-refractivity contribution in [3.63, 3.8) is 0 Å². The van der Waals surface area contributed by atoms with Crippen molar-refractivity contribution in [3.8, 4) is 0 Å². The van der Waals surface area contributed by atoms with Gasteiger partial charge in [0.05, 0.1) is 0 Å². The van der Waals surface area contributed by atoms with Crippen molar-refractivity contribution >= 4 is 11.7 Å². The number of hydrogen-bond acceptors (Lipinski definition) is 3. The van der Waals surface area contributed by atoms with Crippen LogP contribution < -0.4 is 5.32 Å². The van der Waals surface area contributed by atoms with Gasteiger partial charge in [-0.2, -0.15) is 0 Å². The average Bonchev–Trinajstić information content (AvgIpc) is 2.43. The van der Waals surface area contributed by atoms with E-state index in [-0.39, 0.29) is 5.91 Å². The van der Waals surface area contributed by atoms with Crippen LogP contribution in [0.3, 0.4) is 0 Å². The molecule has 1 aromatic heterocycles. The summed E-state index contributed by atoms with van der Waals surface area (Å²) in [4.78, 5) is 19.0. The molecule has 2 heterocycles. The molecule has 1 aliphatic rings. The second-order valence-electron chi connectivity index (χ2n) is 5.81. The van der Waals surface area contributed by atoms with Gasteiger partial charge in [0.2, 0.25) is 0 Å². The fourth-order valence-corrected chi connectivity index (χ4v) is 2.69. The predicted molar refractivity (Wildman–Crippen MR) is 82.1 cm³/mol. The van der Waals surface area contributed by atoms with E-state index in [0.717, 1.165) is 49.6 Å². The molecule has 0 radical (unpaired) electrons. The second kappa shape index (κ2) is 6.73. The third kappa shape index (κ3) is 3.71. The van der Waals surface area contributed by atoms with Crippen molar-refractivity contribution in [2.45, 2.75) is 40.0 Å². The maximum absolute atomic E-state index is 12.6. The lowest BCUT2D eigenvalue weighted by Gasteiger charge is -2.31. The van der Waals surface area contributed by atoms with Crippen LogP contribution in [0.5, 0.6) is 0 Å². The highest BCUT2D eigenvalue weighted by Gasteiger charge is 2.22. The minimum absolute atomic E-state index is 0.140. The van der Waals surface area contributed by atoms with Gasteiger partial charge in [-0.15, -0.1) is 0 Å². The van der Waals surface area contributed by atoms with Crippen LogP contribution in [-0.4, -0.2) is 35.4 Å². The minimum Gasteiger partial charge on any atom is -0.370 e. The Balaban J connectivity index is 2.14. The Morgan fingerprint density at radius 1 is 1.50 bits per heavy atom. The van der Waals surface area contributed by atoms with Crippen LogP contribution in [0.2, 0.25) is 0 Å². The van der Waals surface area contributed by atoms with Crippen LogP contribution in [0.15, 0.2) is 12.1 Å². The maximum Gasteiger partial charge on any atom is 0.254 e. The highest BCUT2D eigenvalue weighted by Crippen LogP contribution is 2.19. The van der Waals surface area contributed by atoms with E-state index in [4.69, 9.17) is 0 Å². The third-order valence-corrected chi connectivity index (χ3v) is 3.70. The number of nitrogens with zero attached hydrogens (tertiary/aromatic N) is 2. The molecule has 0 saturated carbocycles. The molecule has 4 nitrogen and oxygen atoms in total. The monoisotopic (exact) mass is 275 g/mol. The van der Waals surface area contributed by atoms with E-state index >= 15 is 0 Å². The molecule has 0 aromatic carbocycles. The van der Waals surface area contributed by atoms with Gasteiger partial charge in [0, 0.05) is 30.9 Å². The van der Waals surface area contributed by atoms with Gasteiger partial charge in [0.15, 0.2) is 0 Å². The summed E-state index contributed by atoms with van der Waals surface area (Å²) < 4.78 is 0. The number of hydrogen-bond donors (Lipinski definition) is 1. The SMILES string of the molecule is CCCNc1cc(C(=O)N2CCCC(C)C2)cc(C)n1. The zero-order valence-corrected chi connectivity index (χ0v) is 12.8. The molecule has 1 amide bonds. The zero-order chi connectivity index (χ0) is 14.5. The lowest BCUT2D eigenvalue weighted by Crippen LogP contribution is -2.39. The number of aryl methyl sites for hydroxylation is 1. The third-order valence-electron chi connectivity index (χ3n) is 3.70. The minimum atomic E-state index is 0.140. The Hall–Kier alpha value is -1.58. The van der Waals surface area contributed by atoms with Gasteiger partial charge in [-0.25, -0.2) is 4.98 Å². The van der Waals surface area contributed by atoms with E-state index in [9.17, 15) is 4.79 Å². The standard InChI is InChI=1S/C16H25N3O/c1-4-7-17-15-10-14(9-13(3)18-15)16(20)19-8-5-6-12(2)11-19/h9-10,12H,4-8,11H2,1-3H3,(H,17,18). The van der Waals surface area contributed by atoms with Crippen molar-refractivity contribution in [2.24, 2.45) is 5.92 Å². The molecule has 0 aliphatic carbocycles. The number of amides is 1. The molecule has 1 aliphatic heterocycles. The molecule has 20 heavy (non-hydrogen) atoms. The molecular weight excluding hydrogens is 250 g/mol. The number of pyridine rings is 1. The van der Waals surface area contributed by atoms with Crippen LogP contribution in [0, 0.1) is 12.8 Å². The molecule has 1 unspecified atom stereocenters. The molecule has 0 bridgehead atoms. The van der Waals surface area contributed by atoms with Crippen molar-refractivity contribution in [3.05, 3.63) is 23.4 Å². The zero-order valence-electron chi connectivity index (χ0n) is 12.8. The van der Waals surface area contributed by atoms with Gasteiger partial charge in [-0.1, -0.05) is 13.8 Å². The highest BCUT2D eigenvalue weighted by atomic mass is 16.2. The number of nitrogens with one attached hydrogen (secondary N) is 1. The number of rotatable bonds is 4. The van der Waals surface area contributed by atoms with E-state index in [1.54, 1.807) is 0 Å². The van der Waals surface area contributed by atoms with E-state index in [1.165, 1.54) is 6.42 Å². The quantitative estimate of drug-likeness (QED) is 0.918. The molecular formula is C16H25N3O. The lowest BCUT2D eigenvalue weighted by atomic mass is 9.99. The fraction of sp³-hybridized carbons (Fsp3) is 0.625. The Morgan fingerprint density at radius 2 is 2.30 bits per heavy atom. The summed E-state index contributed by atoms with van der Waals surface area (Å²) in [5.41, 5.74) is 1.64. The molecule has 1 aromatic rings. The summed E-state index contributed by atoms with van der Waals surface area (Å²) in [6, 6.07) is 3.77. The Labute approximate surface area is 121 Å². The van der Waals surface area contributed by atoms with Crippen molar-refractivity contribution in [2.75, 3.05) is 25.0 Å². The van der Waals surface area contributed by atoms with E-state index in [2.05, 4.69) is 24.1 Å². The first-order valence-electron chi connectivity index (χ1n) is 7.62. The van der Waals surface area contributed by atoms with Gasteiger partial charge < -0.3 is 10.2 Å². The van der Waals surface area contributed by atoms with Gasteiger partial charge in [0.1, 0.15) is 5.82 Å². The lowest BCUT2D eigenvalue weighted by molar-refractivity contribution is 0.0683. The van der Waals surface area contributed by atoms with Crippen molar-refractivity contribution in [1.82, 2.24) is 9.88 Å². The summed E-state index contributed by atoms with van der Waals surface area (Å²) in [5, 5.41) is 3.26. The number of piperidine rings is 1. The maximum atomic E-state index is 12.6. The largest absolute Gasteiger partial charge is 0.370 e. The molecule has 2 rings (SSSR count). The molecule has 4 heteroatoms. The van der Waals surface area contributed by atoms with Crippen LogP contribution in [0.4, 0.5) is 5.82 Å². The fourth-order valence-electron chi connectivity index (χ4n) is 2.69. The highest BCUT2D eigenvalue weighted by molar-refractivity contribution is 5.95. The predicted octanol–water partition coefficient (Wildman–Crippen LogP) is 3.08. The van der Waals surface area contributed by atoms with Crippen LogP contribution in [0.1, 0.15) is 49.2 Å². The summed E-state index contributed by atoms with van der Waals surface area (Å²) >= 11 is 0. The molecule has 1 saturated heterocycles. The molecule has 110 valence electrons. The van der Waals surface area contributed by atoms with Gasteiger partial charge >= 0.3 is 0 Å². The van der Waals surface area contributed by atoms with Crippen LogP contribution >= 0.6 is 0 Å². The summed E-state index contributed by atoms with van der Waals surface area (Å²) in [6.07, 6.45) is 3.38. The van der Waals surface area contributed by atoms with Gasteiger partial charge in [0.25, 0.3) is 5.91 Å². The number of likely N-dealkylation sites (tertiary alicyclic amines) is 1. The number of carbonyl (C=O) groups excluding carboxylic acids is 1. The number of aromatic nitrogens is 1. The first-order chi connectivity index (χ1) is 9.60. The molecule has 0 spiro atoms.